The van der Waals surface area contributed by atoms with Crippen LogP contribution < -0.4 is 0 Å². The van der Waals surface area contributed by atoms with Gasteiger partial charge in [0.2, 0.25) is 0 Å². The van der Waals surface area contributed by atoms with Crippen LogP contribution in [0.3, 0.4) is 0 Å². The molecule has 1 aliphatic heterocycles. The standard InChI is InChI=1S/C17H18N2O4S/c1-19(10-11-4-6-12(7-5-11)17(21)22)16(20)14-9-18-15(24-14)13-3-2-8-23-13/h4-7,9,13H,2-3,8,10H2,1H3,(H,21,22). The highest BCUT2D eigenvalue weighted by Crippen LogP contribution is 2.31. The summed E-state index contributed by atoms with van der Waals surface area (Å²) in [6, 6.07) is 6.52. The fraction of sp³-hybridized carbons (Fsp3) is 0.353. The van der Waals surface area contributed by atoms with Crippen molar-refractivity contribution in [3.05, 3.63) is 51.5 Å². The molecular weight excluding hydrogens is 328 g/mol. The van der Waals surface area contributed by atoms with Gasteiger partial charge in [-0.3, -0.25) is 4.79 Å². The Morgan fingerprint density at radius 1 is 1.38 bits per heavy atom. The van der Waals surface area contributed by atoms with E-state index in [1.54, 1.807) is 30.3 Å². The second kappa shape index (κ2) is 7.11. The van der Waals surface area contributed by atoms with E-state index < -0.39 is 5.97 Å². The minimum Gasteiger partial charge on any atom is -0.478 e. The van der Waals surface area contributed by atoms with Crippen LogP contribution in [0.25, 0.3) is 0 Å². The summed E-state index contributed by atoms with van der Waals surface area (Å²) in [5.74, 6) is -1.06. The zero-order valence-electron chi connectivity index (χ0n) is 13.3. The van der Waals surface area contributed by atoms with E-state index in [-0.39, 0.29) is 17.6 Å². The average Bonchev–Trinajstić information content (AvgIpc) is 3.25. The van der Waals surface area contributed by atoms with Crippen molar-refractivity contribution in [1.82, 2.24) is 9.88 Å². The second-order valence-corrected chi connectivity index (χ2v) is 6.79. The normalized spacial score (nSPS) is 17.0. The summed E-state index contributed by atoms with van der Waals surface area (Å²) in [4.78, 5) is 29.9. The number of carbonyl (C=O) groups is 2. The SMILES string of the molecule is CN(Cc1ccc(C(=O)O)cc1)C(=O)c1cnc(C2CCCO2)s1. The van der Waals surface area contributed by atoms with Gasteiger partial charge in [-0.15, -0.1) is 11.3 Å². The highest BCUT2D eigenvalue weighted by Gasteiger charge is 2.23. The van der Waals surface area contributed by atoms with E-state index in [9.17, 15) is 9.59 Å². The van der Waals surface area contributed by atoms with Gasteiger partial charge < -0.3 is 14.7 Å². The van der Waals surface area contributed by atoms with Crippen molar-refractivity contribution in [2.24, 2.45) is 0 Å². The quantitative estimate of drug-likeness (QED) is 0.900. The molecule has 0 aliphatic carbocycles. The van der Waals surface area contributed by atoms with E-state index in [4.69, 9.17) is 9.84 Å². The molecule has 0 bridgehead atoms. The van der Waals surface area contributed by atoms with Crippen molar-refractivity contribution < 1.29 is 19.4 Å². The van der Waals surface area contributed by atoms with E-state index in [0.29, 0.717) is 11.4 Å². The number of ether oxygens (including phenoxy) is 1. The topological polar surface area (TPSA) is 79.7 Å². The van der Waals surface area contributed by atoms with Gasteiger partial charge in [-0.05, 0) is 30.5 Å². The molecule has 1 N–H and O–H groups in total. The molecule has 1 aliphatic rings. The lowest BCUT2D eigenvalue weighted by molar-refractivity contribution is 0.0695. The summed E-state index contributed by atoms with van der Waals surface area (Å²) in [5.41, 5.74) is 1.11. The molecule has 1 atom stereocenters. The zero-order valence-corrected chi connectivity index (χ0v) is 14.1. The van der Waals surface area contributed by atoms with Gasteiger partial charge >= 0.3 is 5.97 Å². The van der Waals surface area contributed by atoms with Crippen LogP contribution in [-0.4, -0.2) is 40.5 Å². The predicted molar refractivity (Wildman–Crippen MR) is 89.2 cm³/mol. The van der Waals surface area contributed by atoms with Crippen molar-refractivity contribution >= 4 is 23.2 Å². The Bertz CT molecular complexity index is 735. The molecule has 7 heteroatoms. The first-order valence-corrected chi connectivity index (χ1v) is 8.51. The summed E-state index contributed by atoms with van der Waals surface area (Å²) in [6.45, 7) is 1.16. The van der Waals surface area contributed by atoms with Crippen LogP contribution >= 0.6 is 11.3 Å². The average molecular weight is 346 g/mol. The molecule has 6 nitrogen and oxygen atoms in total. The maximum absolute atomic E-state index is 12.5. The fourth-order valence-corrected chi connectivity index (χ4v) is 3.59. The maximum atomic E-state index is 12.5. The summed E-state index contributed by atoms with van der Waals surface area (Å²) in [7, 11) is 1.72. The number of benzene rings is 1. The molecule has 0 spiro atoms. The maximum Gasteiger partial charge on any atom is 0.335 e. The molecule has 24 heavy (non-hydrogen) atoms. The summed E-state index contributed by atoms with van der Waals surface area (Å²) >= 11 is 1.38. The third-order valence-electron chi connectivity index (χ3n) is 3.91. The highest BCUT2D eigenvalue weighted by atomic mass is 32.1. The minimum atomic E-state index is -0.961. The van der Waals surface area contributed by atoms with Crippen LogP contribution in [0, 0.1) is 0 Å². The lowest BCUT2D eigenvalue weighted by Gasteiger charge is -2.16. The first kappa shape index (κ1) is 16.6. The van der Waals surface area contributed by atoms with Crippen molar-refractivity contribution in [1.29, 1.82) is 0 Å². The third kappa shape index (κ3) is 3.63. The Hall–Kier alpha value is -2.25. The molecular formula is C17H18N2O4S. The molecule has 1 unspecified atom stereocenters. The number of aromatic carboxylic acids is 1. The number of carbonyl (C=O) groups excluding carboxylic acids is 1. The number of carboxylic acid groups (broad SMARTS) is 1. The van der Waals surface area contributed by atoms with Crippen LogP contribution in [0.4, 0.5) is 0 Å². The number of amides is 1. The number of aromatic nitrogens is 1. The molecule has 126 valence electrons. The number of nitrogens with zero attached hydrogens (tertiary/aromatic N) is 2. The fourth-order valence-electron chi connectivity index (χ4n) is 2.59. The van der Waals surface area contributed by atoms with E-state index >= 15 is 0 Å². The monoisotopic (exact) mass is 346 g/mol. The number of rotatable bonds is 5. The molecule has 0 saturated carbocycles. The van der Waals surface area contributed by atoms with Gasteiger partial charge in [-0.25, -0.2) is 9.78 Å². The highest BCUT2D eigenvalue weighted by molar-refractivity contribution is 7.13. The summed E-state index contributed by atoms with van der Waals surface area (Å²) in [5, 5.41) is 9.76. The number of thiazole rings is 1. The van der Waals surface area contributed by atoms with Gasteiger partial charge in [-0.1, -0.05) is 12.1 Å². The van der Waals surface area contributed by atoms with Gasteiger partial charge in [0.1, 0.15) is 16.0 Å². The van der Waals surface area contributed by atoms with Gasteiger partial charge in [0.25, 0.3) is 5.91 Å². The van der Waals surface area contributed by atoms with Crippen LogP contribution in [0.5, 0.6) is 0 Å². The Balaban J connectivity index is 1.64. The number of carboxylic acids is 1. The van der Waals surface area contributed by atoms with Gasteiger partial charge in [-0.2, -0.15) is 0 Å². The molecule has 0 radical (unpaired) electrons. The van der Waals surface area contributed by atoms with E-state index in [1.807, 2.05) is 0 Å². The van der Waals surface area contributed by atoms with Gasteiger partial charge in [0.15, 0.2) is 0 Å². The number of hydrogen-bond acceptors (Lipinski definition) is 5. The Kier molecular flexibility index (Phi) is 4.92. The second-order valence-electron chi connectivity index (χ2n) is 5.73. The number of hydrogen-bond donors (Lipinski definition) is 1. The Morgan fingerprint density at radius 2 is 2.12 bits per heavy atom. The molecule has 1 saturated heterocycles. The van der Waals surface area contributed by atoms with Crippen molar-refractivity contribution in [3.8, 4) is 0 Å². The van der Waals surface area contributed by atoms with Crippen LogP contribution in [0.1, 0.15) is 49.5 Å². The van der Waals surface area contributed by atoms with Crippen molar-refractivity contribution in [3.63, 3.8) is 0 Å². The molecule has 2 heterocycles. The van der Waals surface area contributed by atoms with Crippen molar-refractivity contribution in [2.45, 2.75) is 25.5 Å². The smallest absolute Gasteiger partial charge is 0.335 e. The summed E-state index contributed by atoms with van der Waals surface area (Å²) < 4.78 is 5.59. The van der Waals surface area contributed by atoms with E-state index in [2.05, 4.69) is 4.98 Å². The molecule has 1 aromatic heterocycles. The molecule has 1 fully saturated rings. The minimum absolute atomic E-state index is 0.0189. The first-order chi connectivity index (χ1) is 11.5. The van der Waals surface area contributed by atoms with Crippen molar-refractivity contribution in [2.75, 3.05) is 13.7 Å². The third-order valence-corrected chi connectivity index (χ3v) is 4.98. The lowest BCUT2D eigenvalue weighted by atomic mass is 10.1. The largest absolute Gasteiger partial charge is 0.478 e. The first-order valence-electron chi connectivity index (χ1n) is 7.69. The molecule has 1 amide bonds. The van der Waals surface area contributed by atoms with E-state index in [0.717, 1.165) is 30.0 Å². The predicted octanol–water partition coefficient (Wildman–Crippen LogP) is 2.97. The lowest BCUT2D eigenvalue weighted by Crippen LogP contribution is -2.25. The molecule has 2 aromatic rings. The Morgan fingerprint density at radius 3 is 2.75 bits per heavy atom. The van der Waals surface area contributed by atoms with Crippen LogP contribution in [0.15, 0.2) is 30.5 Å². The van der Waals surface area contributed by atoms with Gasteiger partial charge in [0.05, 0.1) is 11.8 Å². The molecule has 3 rings (SSSR count). The van der Waals surface area contributed by atoms with Gasteiger partial charge in [0, 0.05) is 20.2 Å². The zero-order chi connectivity index (χ0) is 17.1. The van der Waals surface area contributed by atoms with E-state index in [1.165, 1.54) is 23.5 Å². The Labute approximate surface area is 143 Å². The summed E-state index contributed by atoms with van der Waals surface area (Å²) in [6.07, 6.45) is 3.60. The molecule has 1 aromatic carbocycles. The van der Waals surface area contributed by atoms with Crippen LogP contribution in [0.2, 0.25) is 0 Å². The van der Waals surface area contributed by atoms with Crippen LogP contribution in [-0.2, 0) is 11.3 Å².